The van der Waals surface area contributed by atoms with Crippen LogP contribution in [0.2, 0.25) is 5.02 Å². The van der Waals surface area contributed by atoms with Gasteiger partial charge in [-0.05, 0) is 60.6 Å². The van der Waals surface area contributed by atoms with Gasteiger partial charge in [0.05, 0.1) is 17.3 Å². The first-order valence-corrected chi connectivity index (χ1v) is 9.80. The van der Waals surface area contributed by atoms with Crippen LogP contribution < -0.4 is 11.1 Å². The van der Waals surface area contributed by atoms with E-state index in [0.29, 0.717) is 29.0 Å². The number of halogens is 1. The number of nitrogens with zero attached hydrogens (tertiary/aromatic N) is 1. The number of primary amides is 1. The van der Waals surface area contributed by atoms with Crippen LogP contribution >= 0.6 is 11.6 Å². The summed E-state index contributed by atoms with van der Waals surface area (Å²) in [5, 5.41) is 22.7. The number of carbonyl (C=O) groups excluding carboxylic acids is 2. The normalized spacial score (nSPS) is 27.6. The summed E-state index contributed by atoms with van der Waals surface area (Å²) in [7, 11) is 0. The number of aliphatic hydroxyl groups is 1. The summed E-state index contributed by atoms with van der Waals surface area (Å²) >= 11 is 6.22. The highest BCUT2D eigenvalue weighted by Crippen LogP contribution is 2.60. The molecule has 5 N–H and O–H groups in total. The molecule has 2 amide bonds. The van der Waals surface area contributed by atoms with Crippen LogP contribution in [0.25, 0.3) is 10.9 Å². The minimum Gasteiger partial charge on any atom is -0.385 e. The molecule has 2 aromatic carbocycles. The van der Waals surface area contributed by atoms with Crippen LogP contribution in [0.15, 0.2) is 42.6 Å². The van der Waals surface area contributed by atoms with Crippen LogP contribution in [0.1, 0.15) is 39.1 Å². The predicted octanol–water partition coefficient (Wildman–Crippen LogP) is 2.34. The Kier molecular flexibility index (Phi) is 3.94. The Morgan fingerprint density at radius 2 is 1.93 bits per heavy atom. The van der Waals surface area contributed by atoms with Gasteiger partial charge < -0.3 is 16.2 Å². The molecule has 4 atom stereocenters. The first-order chi connectivity index (χ1) is 13.9. The number of hydrogen-bond donors (Lipinski definition) is 4. The molecule has 1 heterocycles. The molecular formula is C21H19ClN4O3. The minimum atomic E-state index is -0.991. The lowest BCUT2D eigenvalue weighted by atomic mass is 9.86. The van der Waals surface area contributed by atoms with Crippen LogP contribution in [0, 0.1) is 11.8 Å². The monoisotopic (exact) mass is 410 g/mol. The minimum absolute atomic E-state index is 0.0130. The van der Waals surface area contributed by atoms with Gasteiger partial charge in [-0.1, -0.05) is 17.7 Å². The first kappa shape index (κ1) is 18.1. The quantitative estimate of drug-likeness (QED) is 0.527. The van der Waals surface area contributed by atoms with E-state index in [1.165, 1.54) is 6.07 Å². The fourth-order valence-corrected chi connectivity index (χ4v) is 4.97. The van der Waals surface area contributed by atoms with Crippen molar-refractivity contribution in [2.75, 3.05) is 0 Å². The number of hydrogen-bond acceptors (Lipinski definition) is 4. The van der Waals surface area contributed by atoms with Gasteiger partial charge in [0.25, 0.3) is 5.91 Å². The molecule has 2 aliphatic rings. The zero-order valence-electron chi connectivity index (χ0n) is 15.4. The second kappa shape index (κ2) is 6.30. The first-order valence-electron chi connectivity index (χ1n) is 9.42. The maximum Gasteiger partial charge on any atom is 0.251 e. The molecule has 29 heavy (non-hydrogen) atoms. The van der Waals surface area contributed by atoms with E-state index in [4.69, 9.17) is 17.3 Å². The van der Waals surface area contributed by atoms with Gasteiger partial charge in [0, 0.05) is 27.6 Å². The van der Waals surface area contributed by atoms with Crippen molar-refractivity contribution in [1.29, 1.82) is 0 Å². The number of nitrogens with two attached hydrogens (primary N) is 1. The van der Waals surface area contributed by atoms with E-state index in [0.717, 1.165) is 16.5 Å². The third-order valence-corrected chi connectivity index (χ3v) is 6.43. The third-order valence-electron chi connectivity index (χ3n) is 6.21. The number of H-pyrrole nitrogens is 1. The molecule has 148 valence electrons. The number of rotatable bonds is 4. The SMILES string of the molecule is NC(=O)c1cccc(C(=O)N[C@@H]2[C@@H]3C[C@@](O)(c4cc(Cl)cc5[nH]ncc45)C[C@@H]32)c1. The van der Waals surface area contributed by atoms with Crippen molar-refractivity contribution in [1.82, 2.24) is 15.5 Å². The zero-order valence-corrected chi connectivity index (χ0v) is 16.1. The van der Waals surface area contributed by atoms with Gasteiger partial charge in [0.1, 0.15) is 0 Å². The Labute approximate surface area is 171 Å². The summed E-state index contributed by atoms with van der Waals surface area (Å²) in [5.74, 6) is -0.412. The number of nitrogens with one attached hydrogen (secondary N) is 2. The summed E-state index contributed by atoms with van der Waals surface area (Å²) in [6.07, 6.45) is 2.79. The van der Waals surface area contributed by atoms with Gasteiger partial charge >= 0.3 is 0 Å². The van der Waals surface area contributed by atoms with Gasteiger partial charge in [-0.15, -0.1) is 0 Å². The van der Waals surface area contributed by atoms with Crippen LogP contribution in [0.3, 0.4) is 0 Å². The van der Waals surface area contributed by atoms with Gasteiger partial charge in [-0.3, -0.25) is 14.7 Å². The van der Waals surface area contributed by atoms with E-state index in [9.17, 15) is 14.7 Å². The van der Waals surface area contributed by atoms with Crippen molar-refractivity contribution >= 4 is 34.3 Å². The average molecular weight is 411 g/mol. The largest absolute Gasteiger partial charge is 0.385 e. The van der Waals surface area contributed by atoms with Gasteiger partial charge in [0.2, 0.25) is 5.91 Å². The van der Waals surface area contributed by atoms with Crippen molar-refractivity contribution in [2.24, 2.45) is 17.6 Å². The van der Waals surface area contributed by atoms with Crippen LogP contribution in [0.4, 0.5) is 0 Å². The van der Waals surface area contributed by atoms with E-state index in [2.05, 4.69) is 15.5 Å². The van der Waals surface area contributed by atoms with E-state index in [-0.39, 0.29) is 23.8 Å². The number of fused-ring (bicyclic) bond motifs is 2. The molecule has 7 nitrogen and oxygen atoms in total. The predicted molar refractivity (Wildman–Crippen MR) is 107 cm³/mol. The van der Waals surface area contributed by atoms with Crippen LogP contribution in [-0.4, -0.2) is 33.2 Å². The van der Waals surface area contributed by atoms with Gasteiger partial charge in [-0.2, -0.15) is 5.10 Å². The molecule has 2 fully saturated rings. The second-order valence-corrected chi connectivity index (χ2v) is 8.43. The molecule has 8 heteroatoms. The summed E-state index contributed by atoms with van der Waals surface area (Å²) in [4.78, 5) is 23.9. The fraction of sp³-hybridized carbons (Fsp3) is 0.286. The van der Waals surface area contributed by atoms with Gasteiger partial charge in [-0.25, -0.2) is 0 Å². The lowest BCUT2D eigenvalue weighted by Gasteiger charge is -2.27. The Morgan fingerprint density at radius 1 is 1.21 bits per heavy atom. The highest BCUT2D eigenvalue weighted by molar-refractivity contribution is 6.31. The van der Waals surface area contributed by atoms with Crippen LogP contribution in [0.5, 0.6) is 0 Å². The Hall–Kier alpha value is -2.90. The maximum atomic E-state index is 12.6. The number of benzene rings is 2. The molecule has 0 unspecified atom stereocenters. The lowest BCUT2D eigenvalue weighted by molar-refractivity contribution is 0.0293. The molecule has 3 aromatic rings. The number of aromatic nitrogens is 2. The smallest absolute Gasteiger partial charge is 0.251 e. The van der Waals surface area contributed by atoms with Crippen molar-refractivity contribution in [2.45, 2.75) is 24.5 Å². The zero-order chi connectivity index (χ0) is 20.3. The molecule has 2 saturated carbocycles. The molecule has 0 spiro atoms. The summed E-state index contributed by atoms with van der Waals surface area (Å²) in [6.45, 7) is 0. The molecule has 2 aliphatic carbocycles. The van der Waals surface area contributed by atoms with E-state index in [1.807, 2.05) is 0 Å². The molecule has 0 saturated heterocycles. The molecule has 0 bridgehead atoms. The second-order valence-electron chi connectivity index (χ2n) is 8.00. The third kappa shape index (κ3) is 2.97. The molecule has 0 radical (unpaired) electrons. The molecule has 5 rings (SSSR count). The topological polar surface area (TPSA) is 121 Å². The number of carbonyl (C=O) groups is 2. The maximum absolute atomic E-state index is 12.6. The molecule has 0 aliphatic heterocycles. The van der Waals surface area contributed by atoms with E-state index >= 15 is 0 Å². The Balaban J connectivity index is 1.31. The highest BCUT2D eigenvalue weighted by Gasteiger charge is 2.62. The fourth-order valence-electron chi connectivity index (χ4n) is 4.75. The molecule has 1 aromatic heterocycles. The molecular weight excluding hydrogens is 392 g/mol. The highest BCUT2D eigenvalue weighted by atomic mass is 35.5. The summed E-state index contributed by atoms with van der Waals surface area (Å²) in [6, 6.07) is 9.96. The van der Waals surface area contributed by atoms with Gasteiger partial charge in [0.15, 0.2) is 0 Å². The van der Waals surface area contributed by atoms with E-state index in [1.54, 1.807) is 36.5 Å². The summed E-state index contributed by atoms with van der Waals surface area (Å²) in [5.41, 5.74) is 6.56. The Morgan fingerprint density at radius 3 is 2.66 bits per heavy atom. The van der Waals surface area contributed by atoms with Crippen molar-refractivity contribution < 1.29 is 14.7 Å². The summed E-state index contributed by atoms with van der Waals surface area (Å²) < 4.78 is 0. The standard InChI is InChI=1S/C21H19ClN4O3/c22-12-5-16(15-9-24-26-17(15)6-12)21(29)7-13-14(8-21)18(13)25-20(28)11-3-1-2-10(4-11)19(23)27/h1-6,9,13-14,18,29H,7-8H2,(H2,23,27)(H,24,26)(H,25,28)/t13-,14+,18-,21+. The van der Waals surface area contributed by atoms with E-state index < -0.39 is 11.5 Å². The van der Waals surface area contributed by atoms with Crippen molar-refractivity contribution in [3.63, 3.8) is 0 Å². The number of amides is 2. The van der Waals surface area contributed by atoms with Crippen LogP contribution in [-0.2, 0) is 5.60 Å². The average Bonchev–Trinajstić information content (AvgIpc) is 3.05. The lowest BCUT2D eigenvalue weighted by Crippen LogP contribution is -2.33. The van der Waals surface area contributed by atoms with Crippen molar-refractivity contribution in [3.05, 3.63) is 64.3 Å². The van der Waals surface area contributed by atoms with Crippen molar-refractivity contribution in [3.8, 4) is 0 Å². The Bertz CT molecular complexity index is 1150. The number of aromatic amines is 1.